The van der Waals surface area contributed by atoms with Gasteiger partial charge in [0.25, 0.3) is 11.8 Å². The van der Waals surface area contributed by atoms with Crippen LogP contribution < -0.4 is 20.3 Å². The number of nitrogens with zero attached hydrogens (tertiary/aromatic N) is 2. The lowest BCUT2D eigenvalue weighted by atomic mass is 10.2. The second kappa shape index (κ2) is 9.60. The molecule has 1 aromatic heterocycles. The molecule has 0 aliphatic rings. The van der Waals surface area contributed by atoms with Crippen molar-refractivity contribution in [1.82, 2.24) is 20.6 Å². The third-order valence-electron chi connectivity index (χ3n) is 4.32. The quantitative estimate of drug-likeness (QED) is 0.586. The molecule has 0 radical (unpaired) electrons. The van der Waals surface area contributed by atoms with E-state index in [9.17, 15) is 9.59 Å². The van der Waals surface area contributed by atoms with Crippen molar-refractivity contribution >= 4 is 11.8 Å². The first-order chi connectivity index (χ1) is 14.5. The summed E-state index contributed by atoms with van der Waals surface area (Å²) >= 11 is 0. The molecule has 3 rings (SSSR count). The second-order valence-electron chi connectivity index (χ2n) is 6.54. The van der Waals surface area contributed by atoms with E-state index in [0.717, 1.165) is 17.1 Å². The van der Waals surface area contributed by atoms with E-state index in [1.165, 1.54) is 0 Å². The molecular weight excluding hydrogens is 384 g/mol. The zero-order valence-electron chi connectivity index (χ0n) is 17.1. The highest BCUT2D eigenvalue weighted by atomic mass is 16.5. The number of nitrogens with one attached hydrogen (secondary N) is 2. The van der Waals surface area contributed by atoms with Crippen LogP contribution in [0.1, 0.15) is 29.9 Å². The fraction of sp³-hybridized carbons (Fsp3) is 0.227. The number of hydrazine groups is 1. The first kappa shape index (κ1) is 20.9. The van der Waals surface area contributed by atoms with Crippen LogP contribution in [0.25, 0.3) is 5.69 Å². The molecule has 0 bridgehead atoms. The van der Waals surface area contributed by atoms with Gasteiger partial charge in [-0.2, -0.15) is 5.10 Å². The number of amides is 2. The van der Waals surface area contributed by atoms with Crippen molar-refractivity contribution in [2.24, 2.45) is 0 Å². The molecular formula is C22H24N4O4. The highest BCUT2D eigenvalue weighted by molar-refractivity contribution is 5.95. The number of rotatable bonds is 7. The van der Waals surface area contributed by atoms with Gasteiger partial charge in [-0.3, -0.25) is 20.4 Å². The Morgan fingerprint density at radius 1 is 1.00 bits per heavy atom. The van der Waals surface area contributed by atoms with E-state index < -0.39 is 17.9 Å². The molecule has 1 heterocycles. The molecule has 3 aromatic rings. The Labute approximate surface area is 174 Å². The van der Waals surface area contributed by atoms with Crippen LogP contribution in [0.5, 0.6) is 11.5 Å². The van der Waals surface area contributed by atoms with Gasteiger partial charge in [0.15, 0.2) is 6.10 Å². The van der Waals surface area contributed by atoms with Crippen molar-refractivity contribution in [3.05, 3.63) is 72.1 Å². The average Bonchev–Trinajstić information content (AvgIpc) is 3.19. The standard InChI is InChI=1S/C22H24N4O4/c1-4-29-19-9-11-20(12-10-19)30-16(3)21(27)24-25-22(28)17-5-7-18(8-6-17)26-15(2)13-14-23-26/h5-14,16H,4H2,1-3H3,(H,24,27)(H,25,28)/t16-/m1/s1. The Hall–Kier alpha value is -3.81. The van der Waals surface area contributed by atoms with Crippen LogP contribution in [0.15, 0.2) is 60.8 Å². The van der Waals surface area contributed by atoms with Crippen molar-refractivity contribution in [1.29, 1.82) is 0 Å². The van der Waals surface area contributed by atoms with E-state index in [1.54, 1.807) is 66.3 Å². The summed E-state index contributed by atoms with van der Waals surface area (Å²) in [6, 6.07) is 15.8. The topological polar surface area (TPSA) is 94.5 Å². The molecule has 0 aliphatic heterocycles. The fourth-order valence-electron chi connectivity index (χ4n) is 2.72. The lowest BCUT2D eigenvalue weighted by Gasteiger charge is -2.15. The Morgan fingerprint density at radius 3 is 2.27 bits per heavy atom. The fourth-order valence-corrected chi connectivity index (χ4v) is 2.72. The first-order valence-corrected chi connectivity index (χ1v) is 9.58. The summed E-state index contributed by atoms with van der Waals surface area (Å²) < 4.78 is 12.7. The third-order valence-corrected chi connectivity index (χ3v) is 4.32. The Morgan fingerprint density at radius 2 is 1.67 bits per heavy atom. The van der Waals surface area contributed by atoms with Gasteiger partial charge in [0.2, 0.25) is 0 Å². The molecule has 0 spiro atoms. The summed E-state index contributed by atoms with van der Waals surface area (Å²) in [6.07, 6.45) is 0.913. The monoisotopic (exact) mass is 408 g/mol. The van der Waals surface area contributed by atoms with Gasteiger partial charge in [-0.25, -0.2) is 4.68 Å². The molecule has 0 fully saturated rings. The van der Waals surface area contributed by atoms with Gasteiger partial charge in [0.1, 0.15) is 11.5 Å². The molecule has 156 valence electrons. The largest absolute Gasteiger partial charge is 0.494 e. The van der Waals surface area contributed by atoms with Crippen LogP contribution in [-0.4, -0.2) is 34.3 Å². The highest BCUT2D eigenvalue weighted by Crippen LogP contribution is 2.18. The summed E-state index contributed by atoms with van der Waals surface area (Å²) in [4.78, 5) is 24.5. The van der Waals surface area contributed by atoms with Crippen LogP contribution in [0.3, 0.4) is 0 Å². The predicted octanol–water partition coefficient (Wildman–Crippen LogP) is 2.81. The lowest BCUT2D eigenvalue weighted by molar-refractivity contribution is -0.128. The number of hydrogen-bond donors (Lipinski definition) is 2. The van der Waals surface area contributed by atoms with Crippen LogP contribution in [0.4, 0.5) is 0 Å². The minimum Gasteiger partial charge on any atom is -0.494 e. The molecule has 1 atom stereocenters. The minimum atomic E-state index is -0.798. The van der Waals surface area contributed by atoms with E-state index >= 15 is 0 Å². The summed E-state index contributed by atoms with van der Waals surface area (Å²) in [5.41, 5.74) is 7.01. The van der Waals surface area contributed by atoms with Gasteiger partial charge < -0.3 is 9.47 Å². The highest BCUT2D eigenvalue weighted by Gasteiger charge is 2.16. The molecule has 0 unspecified atom stereocenters. The van der Waals surface area contributed by atoms with Gasteiger partial charge in [-0.15, -0.1) is 0 Å². The Kier molecular flexibility index (Phi) is 6.69. The third kappa shape index (κ3) is 5.16. The SMILES string of the molecule is CCOc1ccc(O[C@H](C)C(=O)NNC(=O)c2ccc(-n3nccc3C)cc2)cc1. The van der Waals surface area contributed by atoms with Crippen LogP contribution >= 0.6 is 0 Å². The molecule has 8 nitrogen and oxygen atoms in total. The molecule has 0 saturated carbocycles. The zero-order chi connectivity index (χ0) is 21.5. The lowest BCUT2D eigenvalue weighted by Crippen LogP contribution is -2.47. The maximum atomic E-state index is 12.3. The minimum absolute atomic E-state index is 0.406. The summed E-state index contributed by atoms with van der Waals surface area (Å²) in [5, 5.41) is 4.23. The van der Waals surface area contributed by atoms with Crippen molar-refractivity contribution in [2.45, 2.75) is 26.9 Å². The molecule has 30 heavy (non-hydrogen) atoms. The number of aryl methyl sites for hydroxylation is 1. The number of ether oxygens (including phenoxy) is 2. The first-order valence-electron chi connectivity index (χ1n) is 9.58. The molecule has 8 heteroatoms. The number of aromatic nitrogens is 2. The van der Waals surface area contributed by atoms with Crippen molar-refractivity contribution in [3.63, 3.8) is 0 Å². The van der Waals surface area contributed by atoms with Gasteiger partial charge in [0.05, 0.1) is 12.3 Å². The molecule has 2 aromatic carbocycles. The second-order valence-corrected chi connectivity index (χ2v) is 6.54. The van der Waals surface area contributed by atoms with Crippen LogP contribution in [0.2, 0.25) is 0 Å². The molecule has 2 N–H and O–H groups in total. The van der Waals surface area contributed by atoms with Gasteiger partial charge in [-0.1, -0.05) is 0 Å². The van der Waals surface area contributed by atoms with E-state index in [-0.39, 0.29) is 0 Å². The number of carbonyl (C=O) groups is 2. The smallest absolute Gasteiger partial charge is 0.279 e. The van der Waals surface area contributed by atoms with Gasteiger partial charge in [-0.05, 0) is 75.4 Å². The molecule has 0 aliphatic carbocycles. The Bertz CT molecular complexity index is 997. The van der Waals surface area contributed by atoms with Gasteiger partial charge in [0, 0.05) is 17.5 Å². The van der Waals surface area contributed by atoms with Gasteiger partial charge >= 0.3 is 0 Å². The number of carbonyl (C=O) groups excluding carboxylic acids is 2. The van der Waals surface area contributed by atoms with E-state index in [0.29, 0.717) is 17.9 Å². The molecule has 2 amide bonds. The summed E-state index contributed by atoms with van der Waals surface area (Å²) in [7, 11) is 0. The maximum absolute atomic E-state index is 12.3. The average molecular weight is 408 g/mol. The van der Waals surface area contributed by atoms with Crippen molar-refractivity contribution in [3.8, 4) is 17.2 Å². The van der Waals surface area contributed by atoms with E-state index in [2.05, 4.69) is 16.0 Å². The normalized spacial score (nSPS) is 11.4. The summed E-state index contributed by atoms with van der Waals surface area (Å²) in [5.74, 6) is 0.348. The zero-order valence-corrected chi connectivity index (χ0v) is 17.1. The molecule has 0 saturated heterocycles. The number of hydrogen-bond acceptors (Lipinski definition) is 5. The van der Waals surface area contributed by atoms with E-state index in [1.807, 2.05) is 19.9 Å². The van der Waals surface area contributed by atoms with Crippen LogP contribution in [-0.2, 0) is 4.79 Å². The van der Waals surface area contributed by atoms with Crippen LogP contribution in [0, 0.1) is 6.92 Å². The Balaban J connectivity index is 1.51. The van der Waals surface area contributed by atoms with Crippen molar-refractivity contribution < 1.29 is 19.1 Å². The predicted molar refractivity (Wildman–Crippen MR) is 112 cm³/mol. The number of benzene rings is 2. The maximum Gasteiger partial charge on any atom is 0.279 e. The van der Waals surface area contributed by atoms with E-state index in [4.69, 9.17) is 9.47 Å². The van der Waals surface area contributed by atoms with Crippen molar-refractivity contribution in [2.75, 3.05) is 6.61 Å². The summed E-state index contributed by atoms with van der Waals surface area (Å²) in [6.45, 7) is 6.02.